The van der Waals surface area contributed by atoms with Gasteiger partial charge in [0.15, 0.2) is 0 Å². The number of carbonyl (C=O) groups is 3. The molecule has 0 spiro atoms. The lowest BCUT2D eigenvalue weighted by molar-refractivity contribution is -0.142. The van der Waals surface area contributed by atoms with Gasteiger partial charge in [-0.3, -0.25) is 19.3 Å². The van der Waals surface area contributed by atoms with Crippen molar-refractivity contribution in [2.45, 2.75) is 52.4 Å². The number of fused-ring (bicyclic) bond motifs is 3. The predicted octanol–water partition coefficient (Wildman–Crippen LogP) is 1.93. The molecule has 10 heteroatoms. The molecule has 2 aliphatic rings. The number of ether oxygens (including phenoxy) is 1. The van der Waals surface area contributed by atoms with E-state index in [0.717, 1.165) is 5.69 Å². The zero-order valence-electron chi connectivity index (χ0n) is 18.4. The van der Waals surface area contributed by atoms with Gasteiger partial charge in [-0.2, -0.15) is 5.10 Å². The zero-order chi connectivity index (χ0) is 23.0. The van der Waals surface area contributed by atoms with Crippen molar-refractivity contribution in [2.75, 3.05) is 13.1 Å². The lowest BCUT2D eigenvalue weighted by Gasteiger charge is -2.30. The van der Waals surface area contributed by atoms with Crippen LogP contribution in [-0.2, 0) is 35.6 Å². The summed E-state index contributed by atoms with van der Waals surface area (Å²) in [4.78, 5) is 45.4. The van der Waals surface area contributed by atoms with Crippen LogP contribution in [0.2, 0.25) is 0 Å². The summed E-state index contributed by atoms with van der Waals surface area (Å²) in [7, 11) is 0. The van der Waals surface area contributed by atoms with Gasteiger partial charge in [-0.15, -0.1) is 0 Å². The first-order valence-corrected chi connectivity index (χ1v) is 10.6. The fraction of sp³-hybridized carbons (Fsp3) is 0.500. The molecular weight excluding hydrogens is 414 g/mol. The van der Waals surface area contributed by atoms with Crippen LogP contribution in [0.1, 0.15) is 48.2 Å². The normalized spacial score (nSPS) is 18.6. The second-order valence-corrected chi connectivity index (χ2v) is 9.15. The maximum Gasteiger partial charge on any atom is 0.410 e. The predicted molar refractivity (Wildman–Crippen MR) is 113 cm³/mol. The molecule has 0 aromatic carbocycles. The van der Waals surface area contributed by atoms with Crippen molar-refractivity contribution >= 4 is 18.0 Å². The lowest BCUT2D eigenvalue weighted by Crippen LogP contribution is -2.41. The molecule has 170 valence electrons. The molecule has 0 radical (unpaired) electrons. The number of carboxylic acid groups (broad SMARTS) is 1. The van der Waals surface area contributed by atoms with Crippen molar-refractivity contribution in [3.63, 3.8) is 0 Å². The first-order chi connectivity index (χ1) is 15.1. The van der Waals surface area contributed by atoms with Gasteiger partial charge in [0.05, 0.1) is 36.9 Å². The molecule has 0 bridgehead atoms. The number of aliphatic carboxylic acids is 1. The summed E-state index contributed by atoms with van der Waals surface area (Å²) >= 11 is 0. The molecule has 0 aliphatic carbocycles. The second-order valence-electron chi connectivity index (χ2n) is 9.15. The highest BCUT2D eigenvalue weighted by atomic mass is 16.6. The van der Waals surface area contributed by atoms with Gasteiger partial charge in [-0.25, -0.2) is 4.79 Å². The minimum Gasteiger partial charge on any atom is -0.481 e. The van der Waals surface area contributed by atoms with Crippen molar-refractivity contribution < 1.29 is 24.2 Å². The Morgan fingerprint density at radius 3 is 2.69 bits per heavy atom. The Hall–Kier alpha value is -3.43. The van der Waals surface area contributed by atoms with Gasteiger partial charge >= 0.3 is 12.1 Å². The number of amides is 2. The van der Waals surface area contributed by atoms with E-state index >= 15 is 0 Å². The van der Waals surface area contributed by atoms with Crippen LogP contribution in [0.5, 0.6) is 0 Å². The number of carbonyl (C=O) groups excluding carboxylic acids is 2. The average molecular weight is 441 g/mol. The molecule has 1 N–H and O–H groups in total. The Balaban J connectivity index is 1.67. The Kier molecular flexibility index (Phi) is 5.62. The molecular formula is C22H27N5O5. The number of carboxylic acids is 1. The highest BCUT2D eigenvalue weighted by Crippen LogP contribution is 2.28. The van der Waals surface area contributed by atoms with E-state index in [1.165, 1.54) is 9.58 Å². The monoisotopic (exact) mass is 441 g/mol. The summed E-state index contributed by atoms with van der Waals surface area (Å²) in [5.74, 6) is -2.09. The Morgan fingerprint density at radius 2 is 2.03 bits per heavy atom. The third-order valence-corrected chi connectivity index (χ3v) is 5.51. The molecule has 1 unspecified atom stereocenters. The van der Waals surface area contributed by atoms with Crippen LogP contribution < -0.4 is 0 Å². The molecule has 4 rings (SSSR count). The minimum absolute atomic E-state index is 0.0542. The van der Waals surface area contributed by atoms with Crippen LogP contribution >= 0.6 is 0 Å². The maximum atomic E-state index is 13.6. The molecule has 2 amide bonds. The summed E-state index contributed by atoms with van der Waals surface area (Å²) in [5, 5.41) is 14.3. The number of pyridine rings is 1. The SMILES string of the molecule is CC(C)(C)OC(=O)N1CCc2nn3c(c2C1)C(=O)N(Cc1ccccn1)CC(C(=O)O)C3. The topological polar surface area (TPSA) is 118 Å². The summed E-state index contributed by atoms with van der Waals surface area (Å²) in [6.45, 7) is 6.37. The van der Waals surface area contributed by atoms with Gasteiger partial charge in [0.25, 0.3) is 5.91 Å². The highest BCUT2D eigenvalue weighted by molar-refractivity contribution is 5.95. The van der Waals surface area contributed by atoms with Crippen LogP contribution in [-0.4, -0.2) is 66.3 Å². The van der Waals surface area contributed by atoms with Crippen LogP contribution in [0.25, 0.3) is 0 Å². The minimum atomic E-state index is -0.986. The van der Waals surface area contributed by atoms with Gasteiger partial charge in [-0.1, -0.05) is 6.07 Å². The van der Waals surface area contributed by atoms with Crippen LogP contribution in [0.3, 0.4) is 0 Å². The number of nitrogens with zero attached hydrogens (tertiary/aromatic N) is 5. The van der Waals surface area contributed by atoms with E-state index in [2.05, 4.69) is 10.1 Å². The molecule has 0 fully saturated rings. The van der Waals surface area contributed by atoms with Crippen LogP contribution in [0.4, 0.5) is 4.79 Å². The van der Waals surface area contributed by atoms with Crippen molar-refractivity contribution in [3.05, 3.63) is 47.0 Å². The Labute approximate surface area is 185 Å². The van der Waals surface area contributed by atoms with Gasteiger partial charge in [0, 0.05) is 31.3 Å². The molecule has 4 heterocycles. The first kappa shape index (κ1) is 21.8. The van der Waals surface area contributed by atoms with Crippen molar-refractivity contribution in [3.8, 4) is 0 Å². The van der Waals surface area contributed by atoms with E-state index in [1.807, 2.05) is 6.07 Å². The average Bonchev–Trinajstić information content (AvgIpc) is 3.02. The van der Waals surface area contributed by atoms with Gasteiger partial charge in [-0.05, 0) is 32.9 Å². The summed E-state index contributed by atoms with van der Waals surface area (Å²) < 4.78 is 6.99. The standard InChI is InChI=1S/C22H27N5O5/c1-22(2,3)32-21(31)25-9-7-17-16(13-25)18-19(28)26(12-15-6-4-5-8-23-15)10-14(20(29)30)11-27(18)24-17/h4-6,8,14H,7,9-13H2,1-3H3,(H,29,30). The lowest BCUT2D eigenvalue weighted by atomic mass is 10.0. The van der Waals surface area contributed by atoms with E-state index in [0.29, 0.717) is 29.9 Å². The van der Waals surface area contributed by atoms with Gasteiger partial charge in [0.2, 0.25) is 0 Å². The second kappa shape index (κ2) is 8.25. The molecule has 2 aromatic rings. The molecule has 2 aliphatic heterocycles. The van der Waals surface area contributed by atoms with Gasteiger partial charge < -0.3 is 19.6 Å². The van der Waals surface area contributed by atoms with Gasteiger partial charge in [0.1, 0.15) is 11.3 Å². The smallest absolute Gasteiger partial charge is 0.410 e. The van der Waals surface area contributed by atoms with Crippen molar-refractivity contribution in [2.24, 2.45) is 5.92 Å². The van der Waals surface area contributed by atoms with Crippen LogP contribution in [0, 0.1) is 5.92 Å². The Morgan fingerprint density at radius 1 is 1.25 bits per heavy atom. The summed E-state index contributed by atoms with van der Waals surface area (Å²) in [5.41, 5.74) is 1.76. The molecule has 1 atom stereocenters. The fourth-order valence-electron chi connectivity index (χ4n) is 4.03. The third kappa shape index (κ3) is 4.44. The fourth-order valence-corrected chi connectivity index (χ4v) is 4.03. The molecule has 0 saturated heterocycles. The summed E-state index contributed by atoms with van der Waals surface area (Å²) in [6.07, 6.45) is 1.66. The van der Waals surface area contributed by atoms with E-state index < -0.39 is 23.6 Å². The highest BCUT2D eigenvalue weighted by Gasteiger charge is 2.38. The third-order valence-electron chi connectivity index (χ3n) is 5.51. The van der Waals surface area contributed by atoms with Crippen molar-refractivity contribution in [1.82, 2.24) is 24.6 Å². The quantitative estimate of drug-likeness (QED) is 0.773. The maximum absolute atomic E-state index is 13.6. The largest absolute Gasteiger partial charge is 0.481 e. The Bertz CT molecular complexity index is 1040. The number of aromatic nitrogens is 3. The zero-order valence-corrected chi connectivity index (χ0v) is 18.4. The van der Waals surface area contributed by atoms with Crippen LogP contribution in [0.15, 0.2) is 24.4 Å². The van der Waals surface area contributed by atoms with Crippen molar-refractivity contribution in [1.29, 1.82) is 0 Å². The number of rotatable bonds is 3. The molecule has 32 heavy (non-hydrogen) atoms. The van der Waals surface area contributed by atoms with E-state index in [1.54, 1.807) is 44.0 Å². The molecule has 10 nitrogen and oxygen atoms in total. The number of hydrogen-bond acceptors (Lipinski definition) is 6. The van der Waals surface area contributed by atoms with E-state index in [9.17, 15) is 19.5 Å². The first-order valence-electron chi connectivity index (χ1n) is 10.6. The molecule has 0 saturated carbocycles. The van der Waals surface area contributed by atoms with E-state index in [4.69, 9.17) is 4.74 Å². The summed E-state index contributed by atoms with van der Waals surface area (Å²) in [6, 6.07) is 5.40. The van der Waals surface area contributed by atoms with E-state index in [-0.39, 0.29) is 32.1 Å². The molecule has 2 aromatic heterocycles. The number of hydrogen-bond donors (Lipinski definition) is 1.